The van der Waals surface area contributed by atoms with Crippen molar-refractivity contribution in [3.63, 3.8) is 0 Å². The predicted molar refractivity (Wildman–Crippen MR) is 161 cm³/mol. The van der Waals surface area contributed by atoms with E-state index in [0.29, 0.717) is 32.9 Å². The molecule has 3 heterocycles. The molecule has 0 saturated carbocycles. The highest BCUT2D eigenvalue weighted by Gasteiger charge is 2.30. The Morgan fingerprint density at radius 2 is 1.78 bits per heavy atom. The van der Waals surface area contributed by atoms with Crippen LogP contribution >= 0.6 is 11.6 Å². The minimum absolute atomic E-state index is 0.151. The summed E-state index contributed by atoms with van der Waals surface area (Å²) < 4.78 is 1.80. The average Bonchev–Trinajstić information content (AvgIpc) is 3.45. The number of halogens is 1. The maximum absolute atomic E-state index is 11.1. The molecular formula is C31H31ClN8O. The van der Waals surface area contributed by atoms with Crippen molar-refractivity contribution >= 4 is 33.9 Å². The summed E-state index contributed by atoms with van der Waals surface area (Å²) in [5.41, 5.74) is 3.42. The molecule has 10 heteroatoms. The molecule has 0 aliphatic heterocycles. The molecule has 9 nitrogen and oxygen atoms in total. The van der Waals surface area contributed by atoms with Crippen LogP contribution < -0.4 is 10.6 Å². The Morgan fingerprint density at radius 3 is 2.41 bits per heavy atom. The van der Waals surface area contributed by atoms with E-state index < -0.39 is 11.6 Å². The van der Waals surface area contributed by atoms with E-state index in [1.54, 1.807) is 37.0 Å². The minimum Gasteiger partial charge on any atom is -0.388 e. The lowest BCUT2D eigenvalue weighted by Crippen LogP contribution is -2.34. The summed E-state index contributed by atoms with van der Waals surface area (Å²) in [6.07, 6.45) is 6.91. The lowest BCUT2D eigenvalue weighted by Gasteiger charge is -2.32. The number of fused-ring (bicyclic) bond motifs is 1. The van der Waals surface area contributed by atoms with Gasteiger partial charge in [-0.25, -0.2) is 4.68 Å². The number of nitrogens with zero attached hydrogens (tertiary/aromatic N) is 6. The van der Waals surface area contributed by atoms with E-state index >= 15 is 0 Å². The van der Waals surface area contributed by atoms with Gasteiger partial charge < -0.3 is 15.7 Å². The molecule has 5 rings (SSSR count). The topological polar surface area (TPSA) is 125 Å². The number of pyridine rings is 2. The van der Waals surface area contributed by atoms with Crippen LogP contribution in [0.2, 0.25) is 5.02 Å². The first-order valence-electron chi connectivity index (χ1n) is 13.3. The second-order valence-electron chi connectivity index (χ2n) is 10.7. The van der Waals surface area contributed by atoms with Crippen LogP contribution in [0.15, 0.2) is 79.4 Å². The third-order valence-electron chi connectivity index (χ3n) is 6.85. The van der Waals surface area contributed by atoms with E-state index in [9.17, 15) is 10.4 Å². The number of benzene rings is 2. The summed E-state index contributed by atoms with van der Waals surface area (Å²) in [7, 11) is 0. The lowest BCUT2D eigenvalue weighted by molar-refractivity contribution is 0.0589. The summed E-state index contributed by atoms with van der Waals surface area (Å²) in [5, 5.41) is 37.9. The van der Waals surface area contributed by atoms with Gasteiger partial charge in [0.1, 0.15) is 11.8 Å². The molecule has 0 radical (unpaired) electrons. The van der Waals surface area contributed by atoms with E-state index in [0.717, 1.165) is 16.8 Å². The van der Waals surface area contributed by atoms with Gasteiger partial charge in [0.05, 0.1) is 45.7 Å². The summed E-state index contributed by atoms with van der Waals surface area (Å²) in [4.78, 5) is 8.80. The third kappa shape index (κ3) is 5.99. The minimum atomic E-state index is -1.16. The predicted octanol–water partition coefficient (Wildman–Crippen LogP) is 6.45. The molecule has 0 spiro atoms. The molecule has 0 unspecified atom stereocenters. The van der Waals surface area contributed by atoms with Crippen molar-refractivity contribution in [2.45, 2.75) is 51.4 Å². The largest absolute Gasteiger partial charge is 0.388 e. The second kappa shape index (κ2) is 11.5. The number of aromatic nitrogens is 5. The first-order chi connectivity index (χ1) is 19.7. The van der Waals surface area contributed by atoms with Crippen LogP contribution in [0.5, 0.6) is 0 Å². The van der Waals surface area contributed by atoms with Crippen LogP contribution in [-0.2, 0) is 0 Å². The van der Waals surface area contributed by atoms with Crippen LogP contribution in [0.4, 0.5) is 11.4 Å². The number of hydrogen-bond donors (Lipinski definition) is 3. The Balaban J connectivity index is 1.62. The zero-order chi connectivity index (χ0) is 29.1. The van der Waals surface area contributed by atoms with E-state index in [1.807, 2.05) is 68.6 Å². The summed E-state index contributed by atoms with van der Waals surface area (Å²) in [5.74, 6) is 0. The van der Waals surface area contributed by atoms with Gasteiger partial charge in [-0.2, -0.15) is 5.26 Å². The average molecular weight is 567 g/mol. The van der Waals surface area contributed by atoms with Gasteiger partial charge in [0.2, 0.25) is 0 Å². The fourth-order valence-corrected chi connectivity index (χ4v) is 5.03. The van der Waals surface area contributed by atoms with Crippen molar-refractivity contribution < 1.29 is 5.11 Å². The smallest absolute Gasteiger partial charge is 0.110 e. The second-order valence-corrected chi connectivity index (χ2v) is 11.1. The Hall–Kier alpha value is -4.52. The van der Waals surface area contributed by atoms with Gasteiger partial charge >= 0.3 is 0 Å². The number of nitriles is 1. The van der Waals surface area contributed by atoms with Gasteiger partial charge in [-0.05, 0) is 57.0 Å². The van der Waals surface area contributed by atoms with E-state index in [-0.39, 0.29) is 12.1 Å². The van der Waals surface area contributed by atoms with Gasteiger partial charge in [-0.15, -0.1) is 5.10 Å². The first-order valence-corrected chi connectivity index (χ1v) is 13.7. The maximum Gasteiger partial charge on any atom is 0.110 e. The molecule has 0 saturated heterocycles. The van der Waals surface area contributed by atoms with Gasteiger partial charge in [-0.3, -0.25) is 9.97 Å². The van der Waals surface area contributed by atoms with Crippen molar-refractivity contribution in [1.82, 2.24) is 25.0 Å². The van der Waals surface area contributed by atoms with Crippen LogP contribution in [0.25, 0.3) is 10.9 Å². The van der Waals surface area contributed by atoms with E-state index in [4.69, 9.17) is 11.6 Å². The van der Waals surface area contributed by atoms with Gasteiger partial charge in [-0.1, -0.05) is 53.2 Å². The van der Waals surface area contributed by atoms with Gasteiger partial charge in [0, 0.05) is 35.7 Å². The highest BCUT2D eigenvalue weighted by molar-refractivity contribution is 6.35. The Kier molecular flexibility index (Phi) is 7.88. The van der Waals surface area contributed by atoms with E-state index in [2.05, 4.69) is 37.0 Å². The monoisotopic (exact) mass is 566 g/mol. The molecule has 0 aliphatic carbocycles. The molecule has 208 valence electrons. The van der Waals surface area contributed by atoms with Crippen molar-refractivity contribution in [3.8, 4) is 6.07 Å². The summed E-state index contributed by atoms with van der Waals surface area (Å²) in [6, 6.07) is 18.7. The van der Waals surface area contributed by atoms with Crippen LogP contribution in [0, 0.1) is 11.3 Å². The fraction of sp³-hybridized carbons (Fsp3) is 0.258. The van der Waals surface area contributed by atoms with Crippen LogP contribution in [0.3, 0.4) is 0 Å². The first kappa shape index (κ1) is 28.0. The fourth-order valence-electron chi connectivity index (χ4n) is 4.76. The van der Waals surface area contributed by atoms with Crippen molar-refractivity contribution in [2.75, 3.05) is 10.6 Å². The van der Waals surface area contributed by atoms with Crippen LogP contribution in [-0.4, -0.2) is 35.7 Å². The quantitative estimate of drug-likeness (QED) is 0.186. The molecule has 0 amide bonds. The lowest BCUT2D eigenvalue weighted by atomic mass is 9.91. The van der Waals surface area contributed by atoms with Crippen molar-refractivity contribution in [3.05, 3.63) is 107 Å². The Morgan fingerprint density at radius 1 is 1.02 bits per heavy atom. The molecule has 0 bridgehead atoms. The zero-order valence-corrected chi connectivity index (χ0v) is 24.0. The standard InChI is InChI=1S/C31H31ClN8O/c1-19(2)40-18-26(38-39-40)28(21-11-8-12-34-16-21)36-23-13-24-27(22(15-33)17-35-29(24)25(32)14-23)37-30(31(3,4)41)20-9-6-5-7-10-20/h5-14,16-19,28,30,36,41H,1-4H3,(H,35,37)/t28-,30+/m0/s1. The molecule has 3 aromatic heterocycles. The Bertz CT molecular complexity index is 1690. The number of rotatable bonds is 9. The summed E-state index contributed by atoms with van der Waals surface area (Å²) in [6.45, 7) is 7.54. The molecular weight excluding hydrogens is 536 g/mol. The van der Waals surface area contributed by atoms with Gasteiger partial charge in [0.15, 0.2) is 0 Å². The Labute approximate surface area is 243 Å². The maximum atomic E-state index is 11.1. The summed E-state index contributed by atoms with van der Waals surface area (Å²) >= 11 is 6.79. The molecule has 0 fully saturated rings. The highest BCUT2D eigenvalue weighted by Crippen LogP contribution is 2.38. The number of hydrogen-bond acceptors (Lipinski definition) is 8. The molecule has 41 heavy (non-hydrogen) atoms. The van der Waals surface area contributed by atoms with Crippen molar-refractivity contribution in [2.24, 2.45) is 0 Å². The van der Waals surface area contributed by atoms with Crippen molar-refractivity contribution in [1.29, 1.82) is 5.26 Å². The molecule has 0 aliphatic rings. The normalized spacial score (nSPS) is 13.1. The van der Waals surface area contributed by atoms with Crippen LogP contribution in [0.1, 0.15) is 68.2 Å². The highest BCUT2D eigenvalue weighted by atomic mass is 35.5. The van der Waals surface area contributed by atoms with Gasteiger partial charge in [0.25, 0.3) is 0 Å². The SMILES string of the molecule is CC(C)n1cc([C@@H](Nc2cc(Cl)c3ncc(C#N)c(N[C@H](c4ccccc4)C(C)(C)O)c3c2)c2cccnc2)nn1. The number of anilines is 2. The third-order valence-corrected chi connectivity index (χ3v) is 7.14. The molecule has 3 N–H and O–H groups in total. The number of aliphatic hydroxyl groups is 1. The molecule has 5 aromatic rings. The molecule has 2 atom stereocenters. The molecule has 2 aromatic carbocycles. The zero-order valence-electron chi connectivity index (χ0n) is 23.2. The number of nitrogens with one attached hydrogen (secondary N) is 2. The van der Waals surface area contributed by atoms with E-state index in [1.165, 1.54) is 6.20 Å².